The molecule has 0 fully saturated rings. The summed E-state index contributed by atoms with van der Waals surface area (Å²) in [5.41, 5.74) is 0.765. The predicted molar refractivity (Wildman–Crippen MR) is 117 cm³/mol. The van der Waals surface area contributed by atoms with E-state index in [9.17, 15) is 8.42 Å². The molecule has 0 amide bonds. The van der Waals surface area contributed by atoms with Gasteiger partial charge >= 0.3 is 0 Å². The van der Waals surface area contributed by atoms with Crippen molar-refractivity contribution >= 4 is 39.8 Å². The maximum atomic E-state index is 11.4. The predicted octanol–water partition coefficient (Wildman–Crippen LogP) is 2.93. The summed E-state index contributed by atoms with van der Waals surface area (Å²) in [5.74, 6) is 1.91. The van der Waals surface area contributed by atoms with Crippen LogP contribution in [0.1, 0.15) is 58.4 Å². The molecule has 0 bridgehead atoms. The first-order valence-corrected chi connectivity index (χ1v) is 10.7. The van der Waals surface area contributed by atoms with E-state index in [1.807, 2.05) is 26.8 Å². The zero-order chi connectivity index (χ0) is 19.1. The number of hydrogen-bond acceptors (Lipinski definition) is 5. The Kier molecular flexibility index (Phi) is 10.7. The van der Waals surface area contributed by atoms with Gasteiger partial charge in [0.05, 0.1) is 11.4 Å². The minimum Gasteiger partial charge on any atom is -0.359 e. The number of rotatable bonds is 9. The molecule has 0 aliphatic heterocycles. The highest BCUT2D eigenvalue weighted by molar-refractivity contribution is 14.0. The molecule has 0 spiro atoms. The van der Waals surface area contributed by atoms with E-state index in [1.165, 1.54) is 6.26 Å². The van der Waals surface area contributed by atoms with Crippen LogP contribution in [-0.4, -0.2) is 44.6 Å². The SMILES string of the molecule is CCNC(=NCc1cc(C(C)C)no1)NCC(C)(C)CCS(C)(=O)=O.I. The number of hydrogen-bond donors (Lipinski definition) is 2. The van der Waals surface area contributed by atoms with E-state index in [-0.39, 0.29) is 35.1 Å². The van der Waals surface area contributed by atoms with Gasteiger partial charge in [-0.2, -0.15) is 0 Å². The Morgan fingerprint density at radius 1 is 1.35 bits per heavy atom. The second kappa shape index (κ2) is 11.1. The van der Waals surface area contributed by atoms with E-state index in [2.05, 4.69) is 34.6 Å². The lowest BCUT2D eigenvalue weighted by Gasteiger charge is -2.25. The summed E-state index contributed by atoms with van der Waals surface area (Å²) < 4.78 is 28.0. The van der Waals surface area contributed by atoms with Crippen LogP contribution in [0.4, 0.5) is 0 Å². The summed E-state index contributed by atoms with van der Waals surface area (Å²) >= 11 is 0. The van der Waals surface area contributed by atoms with Crippen molar-refractivity contribution in [3.63, 3.8) is 0 Å². The number of halogens is 1. The highest BCUT2D eigenvalue weighted by atomic mass is 127. The van der Waals surface area contributed by atoms with Gasteiger partial charge in [0.25, 0.3) is 0 Å². The Bertz CT molecular complexity index is 669. The van der Waals surface area contributed by atoms with E-state index in [0.29, 0.717) is 31.4 Å². The van der Waals surface area contributed by atoms with Crippen LogP contribution in [0.3, 0.4) is 0 Å². The Morgan fingerprint density at radius 2 is 2.00 bits per heavy atom. The fourth-order valence-electron chi connectivity index (χ4n) is 2.05. The van der Waals surface area contributed by atoms with Crippen LogP contribution in [-0.2, 0) is 16.4 Å². The Hall–Kier alpha value is -0.840. The molecule has 0 aliphatic carbocycles. The number of aliphatic imine (C=N–C) groups is 1. The third-order valence-corrected chi connectivity index (χ3v) is 4.74. The van der Waals surface area contributed by atoms with Gasteiger partial charge in [0.2, 0.25) is 0 Å². The first kappa shape index (κ1) is 25.2. The van der Waals surface area contributed by atoms with Gasteiger partial charge in [-0.1, -0.05) is 32.9 Å². The lowest BCUT2D eigenvalue weighted by molar-refractivity contribution is 0.348. The number of guanidine groups is 1. The molecular weight excluding hydrogens is 467 g/mol. The molecule has 1 aromatic heterocycles. The van der Waals surface area contributed by atoms with Crippen LogP contribution in [0, 0.1) is 5.41 Å². The lowest BCUT2D eigenvalue weighted by Crippen LogP contribution is -2.42. The number of nitrogens with one attached hydrogen (secondary N) is 2. The van der Waals surface area contributed by atoms with Gasteiger partial charge in [-0.05, 0) is 24.7 Å². The van der Waals surface area contributed by atoms with E-state index in [0.717, 1.165) is 18.0 Å². The average molecular weight is 500 g/mol. The topological polar surface area (TPSA) is 96.6 Å². The number of aromatic nitrogens is 1. The monoisotopic (exact) mass is 500 g/mol. The lowest BCUT2D eigenvalue weighted by atomic mass is 9.90. The van der Waals surface area contributed by atoms with Crippen LogP contribution in [0.25, 0.3) is 0 Å². The first-order valence-electron chi connectivity index (χ1n) is 8.68. The summed E-state index contributed by atoms with van der Waals surface area (Å²) in [4.78, 5) is 4.51. The largest absolute Gasteiger partial charge is 0.359 e. The van der Waals surface area contributed by atoms with E-state index >= 15 is 0 Å². The molecule has 0 saturated heterocycles. The van der Waals surface area contributed by atoms with Gasteiger partial charge in [-0.15, -0.1) is 24.0 Å². The normalized spacial score (nSPS) is 12.8. The highest BCUT2D eigenvalue weighted by Crippen LogP contribution is 2.20. The highest BCUT2D eigenvalue weighted by Gasteiger charge is 2.20. The zero-order valence-corrected chi connectivity index (χ0v) is 19.8. The maximum absolute atomic E-state index is 11.4. The maximum Gasteiger partial charge on any atom is 0.191 e. The minimum absolute atomic E-state index is 0. The molecular formula is C17H33IN4O3S. The van der Waals surface area contributed by atoms with Gasteiger partial charge in [0, 0.05) is 25.4 Å². The minimum atomic E-state index is -2.95. The van der Waals surface area contributed by atoms with Gasteiger partial charge in [-0.3, -0.25) is 0 Å². The molecule has 9 heteroatoms. The first-order chi connectivity index (χ1) is 11.5. The molecule has 1 aromatic rings. The van der Waals surface area contributed by atoms with Crippen LogP contribution >= 0.6 is 24.0 Å². The van der Waals surface area contributed by atoms with Crippen LogP contribution in [0.2, 0.25) is 0 Å². The molecule has 1 heterocycles. The molecule has 7 nitrogen and oxygen atoms in total. The number of sulfone groups is 1. The van der Waals surface area contributed by atoms with E-state index < -0.39 is 9.84 Å². The molecule has 1 rings (SSSR count). The third-order valence-electron chi connectivity index (χ3n) is 3.79. The Labute approximate surface area is 174 Å². The fraction of sp³-hybridized carbons (Fsp3) is 0.765. The van der Waals surface area contributed by atoms with E-state index in [1.54, 1.807) is 0 Å². The molecule has 0 aliphatic rings. The summed E-state index contributed by atoms with van der Waals surface area (Å²) in [7, 11) is -2.95. The molecule has 152 valence electrons. The smallest absolute Gasteiger partial charge is 0.191 e. The van der Waals surface area contributed by atoms with Gasteiger partial charge in [0.15, 0.2) is 11.7 Å². The van der Waals surface area contributed by atoms with Crippen LogP contribution in [0.5, 0.6) is 0 Å². The molecule has 0 unspecified atom stereocenters. The quantitative estimate of drug-likeness (QED) is 0.308. The van der Waals surface area contributed by atoms with E-state index in [4.69, 9.17) is 4.52 Å². The van der Waals surface area contributed by atoms with Crippen LogP contribution in [0.15, 0.2) is 15.6 Å². The summed E-state index contributed by atoms with van der Waals surface area (Å²) in [6.45, 7) is 12.0. The fourth-order valence-corrected chi connectivity index (χ4v) is 2.97. The van der Waals surface area contributed by atoms with Gasteiger partial charge < -0.3 is 15.2 Å². The van der Waals surface area contributed by atoms with Crippen molar-refractivity contribution in [2.24, 2.45) is 10.4 Å². The van der Waals surface area contributed by atoms with Crippen molar-refractivity contribution in [3.8, 4) is 0 Å². The van der Waals surface area contributed by atoms with Crippen molar-refractivity contribution in [3.05, 3.63) is 17.5 Å². The third kappa shape index (κ3) is 10.3. The summed E-state index contributed by atoms with van der Waals surface area (Å²) in [5, 5.41) is 10.5. The van der Waals surface area contributed by atoms with Crippen molar-refractivity contribution < 1.29 is 12.9 Å². The average Bonchev–Trinajstić information content (AvgIpc) is 2.97. The van der Waals surface area contributed by atoms with Gasteiger partial charge in [-0.25, -0.2) is 13.4 Å². The summed E-state index contributed by atoms with van der Waals surface area (Å²) in [6, 6.07) is 1.92. The van der Waals surface area contributed by atoms with Crippen LogP contribution < -0.4 is 10.6 Å². The second-order valence-electron chi connectivity index (χ2n) is 7.47. The Balaban J connectivity index is 0.00000625. The molecule has 0 saturated carbocycles. The summed E-state index contributed by atoms with van der Waals surface area (Å²) in [6.07, 6.45) is 1.86. The van der Waals surface area contributed by atoms with Crippen molar-refractivity contribution in [1.29, 1.82) is 0 Å². The van der Waals surface area contributed by atoms with Crippen molar-refractivity contribution in [2.45, 2.75) is 53.5 Å². The number of nitrogens with zero attached hydrogens (tertiary/aromatic N) is 2. The second-order valence-corrected chi connectivity index (χ2v) is 9.73. The standard InChI is InChI=1S/C17H32N4O3S.HI/c1-7-18-16(19-11-14-10-15(13(2)3)21-24-14)20-12-17(4,5)8-9-25(6,22)23;/h10,13H,7-9,11-12H2,1-6H3,(H2,18,19,20);1H. The molecule has 26 heavy (non-hydrogen) atoms. The molecule has 0 radical (unpaired) electrons. The molecule has 2 N–H and O–H groups in total. The molecule has 0 aromatic carbocycles. The van der Waals surface area contributed by atoms with Crippen molar-refractivity contribution in [2.75, 3.05) is 25.1 Å². The Morgan fingerprint density at radius 3 is 2.50 bits per heavy atom. The molecule has 0 atom stereocenters. The van der Waals surface area contributed by atoms with Crippen molar-refractivity contribution in [1.82, 2.24) is 15.8 Å². The zero-order valence-electron chi connectivity index (χ0n) is 16.6. The van der Waals surface area contributed by atoms with Gasteiger partial charge in [0.1, 0.15) is 16.4 Å².